The van der Waals surface area contributed by atoms with E-state index >= 15 is 0 Å². The zero-order valence-electron chi connectivity index (χ0n) is 17.2. The number of fused-ring (bicyclic) bond motifs is 1. The molecule has 1 aliphatic heterocycles. The summed E-state index contributed by atoms with van der Waals surface area (Å²) in [6.07, 6.45) is 1.18. The Kier molecular flexibility index (Phi) is 6.03. The van der Waals surface area contributed by atoms with E-state index in [1.807, 2.05) is 20.8 Å². The van der Waals surface area contributed by atoms with Gasteiger partial charge in [0, 0.05) is 29.1 Å². The largest absolute Gasteiger partial charge is 0.483 e. The number of sulfone groups is 1. The number of amides is 1. The van der Waals surface area contributed by atoms with Gasteiger partial charge in [0.05, 0.1) is 11.5 Å². The van der Waals surface area contributed by atoms with Crippen LogP contribution in [-0.2, 0) is 14.6 Å². The van der Waals surface area contributed by atoms with Crippen molar-refractivity contribution in [2.24, 2.45) is 0 Å². The Morgan fingerprint density at radius 1 is 1.34 bits per heavy atom. The van der Waals surface area contributed by atoms with Gasteiger partial charge in [0.1, 0.15) is 11.3 Å². The minimum absolute atomic E-state index is 0.00250. The molecule has 29 heavy (non-hydrogen) atoms. The van der Waals surface area contributed by atoms with Crippen LogP contribution >= 0.6 is 0 Å². The first-order valence-electron chi connectivity index (χ1n) is 9.81. The quantitative estimate of drug-likeness (QED) is 0.666. The van der Waals surface area contributed by atoms with Gasteiger partial charge in [-0.3, -0.25) is 4.79 Å². The van der Waals surface area contributed by atoms with E-state index in [-0.39, 0.29) is 36.1 Å². The van der Waals surface area contributed by atoms with Crippen LogP contribution in [0.3, 0.4) is 0 Å². The summed E-state index contributed by atoms with van der Waals surface area (Å²) in [5.41, 5.74) is 1.47. The molecular formula is C21H27NO6S. The number of benzene rings is 1. The molecule has 3 rings (SSSR count). The summed E-state index contributed by atoms with van der Waals surface area (Å²) in [4.78, 5) is 26.3. The lowest BCUT2D eigenvalue weighted by Gasteiger charge is -2.33. The van der Waals surface area contributed by atoms with E-state index < -0.39 is 15.5 Å². The molecule has 0 radical (unpaired) electrons. The highest BCUT2D eigenvalue weighted by atomic mass is 32.2. The first kappa shape index (κ1) is 21.4. The average Bonchev–Trinajstić information content (AvgIpc) is 3.00. The van der Waals surface area contributed by atoms with Gasteiger partial charge in [0.25, 0.3) is 5.91 Å². The van der Waals surface area contributed by atoms with E-state index in [0.29, 0.717) is 23.3 Å². The summed E-state index contributed by atoms with van der Waals surface area (Å²) in [5.74, 6) is 0.332. The first-order valence-corrected chi connectivity index (χ1v) is 11.6. The molecule has 2 atom stereocenters. The zero-order chi connectivity index (χ0) is 21.3. The molecule has 7 nitrogen and oxygen atoms in total. The van der Waals surface area contributed by atoms with Gasteiger partial charge in [-0.25, -0.2) is 13.2 Å². The molecule has 0 spiro atoms. The van der Waals surface area contributed by atoms with Crippen molar-refractivity contribution in [3.63, 3.8) is 0 Å². The normalized spacial score (nSPS) is 19.2. The molecule has 1 saturated heterocycles. The summed E-state index contributed by atoms with van der Waals surface area (Å²) < 4.78 is 34.9. The summed E-state index contributed by atoms with van der Waals surface area (Å²) >= 11 is 0. The summed E-state index contributed by atoms with van der Waals surface area (Å²) in [7, 11) is -3.10. The monoisotopic (exact) mass is 421 g/mol. The molecule has 1 amide bonds. The molecule has 0 aliphatic carbocycles. The molecule has 1 aromatic carbocycles. The fraction of sp³-hybridized carbons (Fsp3) is 0.524. The standard InChI is InChI=1S/C21H27NO6S/c1-5-14(3)22(16-8-9-29(25,26)12-16)19(23)11-27-18-7-6-17-13(2)10-20(24)28-21(17)15(18)4/h6-7,10,14,16H,5,8-9,11-12H2,1-4H3/t14-,16+/m1/s1. The van der Waals surface area contributed by atoms with Gasteiger partial charge < -0.3 is 14.1 Å². The minimum Gasteiger partial charge on any atom is -0.483 e. The number of carbonyl (C=O) groups excluding carboxylic acids is 1. The second-order valence-electron chi connectivity index (χ2n) is 7.72. The molecular weight excluding hydrogens is 394 g/mol. The Morgan fingerprint density at radius 2 is 2.07 bits per heavy atom. The van der Waals surface area contributed by atoms with E-state index in [9.17, 15) is 18.0 Å². The number of ether oxygens (including phenoxy) is 1. The van der Waals surface area contributed by atoms with Gasteiger partial charge in [0.15, 0.2) is 16.4 Å². The van der Waals surface area contributed by atoms with E-state index in [4.69, 9.17) is 9.15 Å². The van der Waals surface area contributed by atoms with E-state index in [1.54, 1.807) is 24.0 Å². The lowest BCUT2D eigenvalue weighted by molar-refractivity contribution is -0.137. The molecule has 2 aromatic rings. The van der Waals surface area contributed by atoms with Crippen molar-refractivity contribution in [1.29, 1.82) is 0 Å². The molecule has 0 unspecified atom stereocenters. The maximum absolute atomic E-state index is 12.9. The molecule has 8 heteroatoms. The Bertz CT molecular complexity index is 1090. The van der Waals surface area contributed by atoms with Crippen molar-refractivity contribution in [2.45, 2.75) is 52.6 Å². The predicted octanol–water partition coefficient (Wildman–Crippen LogP) is 2.60. The van der Waals surface area contributed by atoms with Gasteiger partial charge in [-0.1, -0.05) is 6.92 Å². The number of carbonyl (C=O) groups is 1. The van der Waals surface area contributed by atoms with Crippen LogP contribution in [0.5, 0.6) is 5.75 Å². The Morgan fingerprint density at radius 3 is 2.69 bits per heavy atom. The lowest BCUT2D eigenvalue weighted by Crippen LogP contribution is -2.48. The van der Waals surface area contributed by atoms with Crippen molar-refractivity contribution in [3.8, 4) is 5.75 Å². The van der Waals surface area contributed by atoms with Crippen LogP contribution < -0.4 is 10.4 Å². The van der Waals surface area contributed by atoms with Crippen molar-refractivity contribution in [2.75, 3.05) is 18.1 Å². The molecule has 1 fully saturated rings. The first-order chi connectivity index (χ1) is 13.6. The second-order valence-corrected chi connectivity index (χ2v) is 9.95. The van der Waals surface area contributed by atoms with Gasteiger partial charge in [-0.2, -0.15) is 0 Å². The number of rotatable bonds is 6. The fourth-order valence-corrected chi connectivity index (χ4v) is 5.58. The minimum atomic E-state index is -3.10. The summed E-state index contributed by atoms with van der Waals surface area (Å²) in [6.45, 7) is 7.29. The Balaban J connectivity index is 1.81. The predicted molar refractivity (Wildman–Crippen MR) is 111 cm³/mol. The molecule has 158 valence electrons. The van der Waals surface area contributed by atoms with E-state index in [0.717, 1.165) is 17.4 Å². The van der Waals surface area contributed by atoms with Crippen LogP contribution in [0.25, 0.3) is 11.0 Å². The topological polar surface area (TPSA) is 93.9 Å². The fourth-order valence-electron chi connectivity index (χ4n) is 3.87. The van der Waals surface area contributed by atoms with Crippen molar-refractivity contribution in [1.82, 2.24) is 4.90 Å². The van der Waals surface area contributed by atoms with Gasteiger partial charge in [-0.05, 0) is 51.3 Å². The van der Waals surface area contributed by atoms with Crippen LogP contribution in [-0.4, -0.2) is 49.4 Å². The highest BCUT2D eigenvalue weighted by Gasteiger charge is 2.36. The molecule has 0 N–H and O–H groups in total. The van der Waals surface area contributed by atoms with Crippen LogP contribution in [0, 0.1) is 13.8 Å². The van der Waals surface area contributed by atoms with E-state index in [1.165, 1.54) is 6.07 Å². The zero-order valence-corrected chi connectivity index (χ0v) is 18.0. The van der Waals surface area contributed by atoms with Gasteiger partial charge >= 0.3 is 5.63 Å². The van der Waals surface area contributed by atoms with Gasteiger partial charge in [0.2, 0.25) is 0 Å². The van der Waals surface area contributed by atoms with Gasteiger partial charge in [-0.15, -0.1) is 0 Å². The highest BCUT2D eigenvalue weighted by Crippen LogP contribution is 2.28. The highest BCUT2D eigenvalue weighted by molar-refractivity contribution is 7.91. The third-order valence-electron chi connectivity index (χ3n) is 5.62. The molecule has 2 heterocycles. The average molecular weight is 422 g/mol. The molecule has 1 aliphatic rings. The molecule has 1 aromatic heterocycles. The number of aryl methyl sites for hydroxylation is 2. The Hall–Kier alpha value is -2.35. The maximum Gasteiger partial charge on any atom is 0.336 e. The number of nitrogens with zero attached hydrogens (tertiary/aromatic N) is 1. The smallest absolute Gasteiger partial charge is 0.336 e. The van der Waals surface area contributed by atoms with Crippen molar-refractivity contribution in [3.05, 3.63) is 39.7 Å². The van der Waals surface area contributed by atoms with Crippen LogP contribution in [0.2, 0.25) is 0 Å². The molecule has 0 saturated carbocycles. The maximum atomic E-state index is 12.9. The number of hydrogen-bond donors (Lipinski definition) is 0. The van der Waals surface area contributed by atoms with Crippen LogP contribution in [0.1, 0.15) is 37.8 Å². The van der Waals surface area contributed by atoms with Crippen LogP contribution in [0.15, 0.2) is 27.4 Å². The number of hydrogen-bond acceptors (Lipinski definition) is 6. The van der Waals surface area contributed by atoms with Crippen molar-refractivity contribution >= 4 is 26.7 Å². The van der Waals surface area contributed by atoms with Crippen LogP contribution in [0.4, 0.5) is 0 Å². The second kappa shape index (κ2) is 8.18. The molecule has 0 bridgehead atoms. The lowest BCUT2D eigenvalue weighted by atomic mass is 10.1. The van der Waals surface area contributed by atoms with Crippen molar-refractivity contribution < 1.29 is 22.4 Å². The van der Waals surface area contributed by atoms with E-state index in [2.05, 4.69) is 0 Å². The summed E-state index contributed by atoms with van der Waals surface area (Å²) in [6, 6.07) is 4.60. The third kappa shape index (κ3) is 4.47. The SMILES string of the molecule is CC[C@@H](C)N(C(=O)COc1ccc2c(C)cc(=O)oc2c1C)[C@H]1CCS(=O)(=O)C1. The third-order valence-corrected chi connectivity index (χ3v) is 7.38. The Labute approximate surface area is 170 Å². The summed E-state index contributed by atoms with van der Waals surface area (Å²) in [5, 5.41) is 0.818.